The van der Waals surface area contributed by atoms with Crippen LogP contribution in [0.5, 0.6) is 0 Å². The van der Waals surface area contributed by atoms with E-state index in [2.05, 4.69) is 43.1 Å². The molecule has 5 heteroatoms. The fraction of sp³-hybridized carbons (Fsp3) is 0.381. The summed E-state index contributed by atoms with van der Waals surface area (Å²) < 4.78 is 0. The molecule has 0 radical (unpaired) electrons. The zero-order chi connectivity index (χ0) is 18.7. The number of rotatable bonds is 2. The largest absolute Gasteiger partial charge is 0.368 e. The molecule has 0 saturated carbocycles. The van der Waals surface area contributed by atoms with E-state index in [9.17, 15) is 4.79 Å². The minimum absolute atomic E-state index is 0.0377. The molecule has 0 aliphatic carbocycles. The van der Waals surface area contributed by atoms with Crippen LogP contribution in [0.2, 0.25) is 5.02 Å². The summed E-state index contributed by atoms with van der Waals surface area (Å²) >= 11 is 5.95. The minimum atomic E-state index is -0.0377. The lowest BCUT2D eigenvalue weighted by atomic mass is 9.87. The summed E-state index contributed by atoms with van der Waals surface area (Å²) in [6.07, 6.45) is 0. The number of hydrogen-bond donors (Lipinski definition) is 1. The molecule has 26 heavy (non-hydrogen) atoms. The molecular weight excluding hydrogens is 346 g/mol. The molecular formula is C21H26ClN3O. The van der Waals surface area contributed by atoms with Crippen LogP contribution in [-0.4, -0.2) is 37.1 Å². The van der Waals surface area contributed by atoms with Gasteiger partial charge in [-0.05, 0) is 47.4 Å². The molecule has 1 fully saturated rings. The van der Waals surface area contributed by atoms with Crippen LogP contribution in [0.15, 0.2) is 48.5 Å². The van der Waals surface area contributed by atoms with Crippen molar-refractivity contribution in [2.45, 2.75) is 26.2 Å². The van der Waals surface area contributed by atoms with Crippen LogP contribution in [0, 0.1) is 0 Å². The molecule has 4 nitrogen and oxygen atoms in total. The number of nitrogens with one attached hydrogen (secondary N) is 1. The van der Waals surface area contributed by atoms with Gasteiger partial charge in [-0.3, -0.25) is 0 Å². The van der Waals surface area contributed by atoms with E-state index in [1.165, 1.54) is 5.56 Å². The maximum Gasteiger partial charge on any atom is 0.321 e. The topological polar surface area (TPSA) is 35.6 Å². The van der Waals surface area contributed by atoms with E-state index < -0.39 is 0 Å². The summed E-state index contributed by atoms with van der Waals surface area (Å²) in [5, 5.41) is 3.74. The summed E-state index contributed by atoms with van der Waals surface area (Å²) in [5.74, 6) is 0. The van der Waals surface area contributed by atoms with Crippen molar-refractivity contribution < 1.29 is 4.79 Å². The minimum Gasteiger partial charge on any atom is -0.368 e. The monoisotopic (exact) mass is 371 g/mol. The van der Waals surface area contributed by atoms with E-state index in [1.807, 2.05) is 41.3 Å². The van der Waals surface area contributed by atoms with Gasteiger partial charge in [0.25, 0.3) is 0 Å². The SMILES string of the molecule is CC(C)(C)c1ccc(NC(=O)N2CCN(c3ccc(Cl)cc3)CC2)cc1. The van der Waals surface area contributed by atoms with Crippen LogP contribution < -0.4 is 10.2 Å². The van der Waals surface area contributed by atoms with Gasteiger partial charge < -0.3 is 15.1 Å². The normalized spacial score (nSPS) is 15.1. The average Bonchev–Trinajstić information content (AvgIpc) is 2.62. The first kappa shape index (κ1) is 18.6. The number of carbonyl (C=O) groups excluding carboxylic acids is 1. The molecule has 1 aliphatic rings. The fourth-order valence-corrected chi connectivity index (χ4v) is 3.20. The highest BCUT2D eigenvalue weighted by Crippen LogP contribution is 2.24. The van der Waals surface area contributed by atoms with E-state index >= 15 is 0 Å². The van der Waals surface area contributed by atoms with Gasteiger partial charge in [-0.1, -0.05) is 44.5 Å². The van der Waals surface area contributed by atoms with Crippen LogP contribution in [0.3, 0.4) is 0 Å². The highest BCUT2D eigenvalue weighted by molar-refractivity contribution is 6.30. The molecule has 138 valence electrons. The van der Waals surface area contributed by atoms with Gasteiger partial charge in [0.15, 0.2) is 0 Å². The van der Waals surface area contributed by atoms with Crippen LogP contribution >= 0.6 is 11.6 Å². The van der Waals surface area contributed by atoms with Gasteiger partial charge in [0, 0.05) is 42.6 Å². The Labute approximate surface area is 160 Å². The molecule has 0 bridgehead atoms. The smallest absolute Gasteiger partial charge is 0.321 e. The number of piperazine rings is 1. The van der Waals surface area contributed by atoms with Crippen molar-refractivity contribution in [2.75, 3.05) is 36.4 Å². The Kier molecular flexibility index (Phi) is 5.42. The van der Waals surface area contributed by atoms with Crippen LogP contribution in [0.4, 0.5) is 16.2 Å². The third kappa shape index (κ3) is 4.50. The summed E-state index contributed by atoms with van der Waals surface area (Å²) in [5.41, 5.74) is 3.35. The van der Waals surface area contributed by atoms with Gasteiger partial charge in [-0.25, -0.2) is 4.79 Å². The van der Waals surface area contributed by atoms with Crippen molar-refractivity contribution in [1.82, 2.24) is 4.90 Å². The Bertz CT molecular complexity index is 742. The number of anilines is 2. The second kappa shape index (κ2) is 7.58. The predicted molar refractivity (Wildman–Crippen MR) is 109 cm³/mol. The Morgan fingerprint density at radius 3 is 2.04 bits per heavy atom. The highest BCUT2D eigenvalue weighted by atomic mass is 35.5. The molecule has 0 spiro atoms. The quantitative estimate of drug-likeness (QED) is 0.807. The summed E-state index contributed by atoms with van der Waals surface area (Å²) in [6.45, 7) is 9.58. The maximum absolute atomic E-state index is 12.5. The van der Waals surface area contributed by atoms with Gasteiger partial charge in [-0.15, -0.1) is 0 Å². The van der Waals surface area contributed by atoms with E-state index in [-0.39, 0.29) is 11.4 Å². The standard InChI is InChI=1S/C21H26ClN3O/c1-21(2,3)16-4-8-18(9-5-16)23-20(26)25-14-12-24(13-15-25)19-10-6-17(22)7-11-19/h4-11H,12-15H2,1-3H3,(H,23,26). The number of carbonyl (C=O) groups is 1. The Balaban J connectivity index is 1.54. The number of halogens is 1. The van der Waals surface area contributed by atoms with Gasteiger partial charge in [0.05, 0.1) is 0 Å². The van der Waals surface area contributed by atoms with Gasteiger partial charge >= 0.3 is 6.03 Å². The zero-order valence-electron chi connectivity index (χ0n) is 15.6. The maximum atomic E-state index is 12.5. The van der Waals surface area contributed by atoms with Gasteiger partial charge in [0.1, 0.15) is 0 Å². The Morgan fingerprint density at radius 2 is 1.50 bits per heavy atom. The first-order valence-corrected chi connectivity index (χ1v) is 9.38. The third-order valence-electron chi connectivity index (χ3n) is 4.76. The first-order valence-electron chi connectivity index (χ1n) is 9.00. The molecule has 1 saturated heterocycles. The van der Waals surface area contributed by atoms with Crippen molar-refractivity contribution in [3.63, 3.8) is 0 Å². The van der Waals surface area contributed by atoms with E-state index in [0.29, 0.717) is 13.1 Å². The molecule has 1 N–H and O–H groups in total. The molecule has 2 aromatic rings. The summed E-state index contributed by atoms with van der Waals surface area (Å²) in [7, 11) is 0. The second-order valence-corrected chi connectivity index (χ2v) is 8.14. The average molecular weight is 372 g/mol. The van der Waals surface area contributed by atoms with Crippen molar-refractivity contribution in [1.29, 1.82) is 0 Å². The van der Waals surface area contributed by atoms with E-state index in [4.69, 9.17) is 11.6 Å². The highest BCUT2D eigenvalue weighted by Gasteiger charge is 2.21. The fourth-order valence-electron chi connectivity index (χ4n) is 3.08. The molecule has 0 aromatic heterocycles. The zero-order valence-corrected chi connectivity index (χ0v) is 16.4. The van der Waals surface area contributed by atoms with Crippen molar-refractivity contribution >= 4 is 29.0 Å². The van der Waals surface area contributed by atoms with E-state index in [0.717, 1.165) is 29.5 Å². The van der Waals surface area contributed by atoms with Crippen LogP contribution in [0.1, 0.15) is 26.3 Å². The molecule has 2 amide bonds. The second-order valence-electron chi connectivity index (χ2n) is 7.71. The lowest BCUT2D eigenvalue weighted by Gasteiger charge is -2.36. The molecule has 0 unspecified atom stereocenters. The van der Waals surface area contributed by atoms with Crippen molar-refractivity contribution in [2.24, 2.45) is 0 Å². The number of benzene rings is 2. The van der Waals surface area contributed by atoms with Crippen molar-refractivity contribution in [3.8, 4) is 0 Å². The summed E-state index contributed by atoms with van der Waals surface area (Å²) in [6, 6.07) is 15.9. The molecule has 1 aliphatic heterocycles. The van der Waals surface area contributed by atoms with Crippen molar-refractivity contribution in [3.05, 3.63) is 59.1 Å². The number of urea groups is 1. The Hall–Kier alpha value is -2.20. The van der Waals surface area contributed by atoms with E-state index in [1.54, 1.807) is 0 Å². The molecule has 2 aromatic carbocycles. The predicted octanol–water partition coefficient (Wildman–Crippen LogP) is 4.99. The number of hydrogen-bond acceptors (Lipinski definition) is 2. The Morgan fingerprint density at radius 1 is 0.923 bits per heavy atom. The molecule has 0 atom stereocenters. The van der Waals surface area contributed by atoms with Gasteiger partial charge in [-0.2, -0.15) is 0 Å². The summed E-state index contributed by atoms with van der Waals surface area (Å²) in [4.78, 5) is 16.7. The first-order chi connectivity index (χ1) is 12.3. The molecule has 3 rings (SSSR count). The van der Waals surface area contributed by atoms with Crippen LogP contribution in [0.25, 0.3) is 0 Å². The lowest BCUT2D eigenvalue weighted by molar-refractivity contribution is 0.208. The lowest BCUT2D eigenvalue weighted by Crippen LogP contribution is -2.50. The third-order valence-corrected chi connectivity index (χ3v) is 5.01. The van der Waals surface area contributed by atoms with Crippen LogP contribution in [-0.2, 0) is 5.41 Å². The number of amides is 2. The number of nitrogens with zero attached hydrogens (tertiary/aromatic N) is 2. The molecule has 1 heterocycles. The van der Waals surface area contributed by atoms with Gasteiger partial charge in [0.2, 0.25) is 0 Å².